The van der Waals surface area contributed by atoms with Gasteiger partial charge in [-0.3, -0.25) is 4.79 Å². The van der Waals surface area contributed by atoms with Crippen molar-refractivity contribution in [1.29, 1.82) is 0 Å². The number of phenols is 1. The number of methoxy groups -OCH3 is 2. The lowest BCUT2D eigenvalue weighted by atomic mass is 9.71. The lowest BCUT2D eigenvalue weighted by molar-refractivity contribution is 0.101. The van der Waals surface area contributed by atoms with Crippen molar-refractivity contribution in [3.8, 4) is 17.2 Å². The second-order valence-electron chi connectivity index (χ2n) is 6.96. The molecule has 0 spiro atoms. The summed E-state index contributed by atoms with van der Waals surface area (Å²) in [6, 6.07) is 1.71. The van der Waals surface area contributed by atoms with Crippen molar-refractivity contribution in [2.45, 2.75) is 46.5 Å². The number of hydrogen-bond acceptors (Lipinski definition) is 4. The van der Waals surface area contributed by atoms with E-state index in [-0.39, 0.29) is 23.0 Å². The molecule has 1 aliphatic carbocycles. The lowest BCUT2D eigenvalue weighted by Crippen LogP contribution is -2.22. The van der Waals surface area contributed by atoms with Crippen LogP contribution >= 0.6 is 0 Å². The summed E-state index contributed by atoms with van der Waals surface area (Å²) in [4.78, 5) is 12.1. The van der Waals surface area contributed by atoms with Crippen LogP contribution in [-0.4, -0.2) is 25.1 Å². The summed E-state index contributed by atoms with van der Waals surface area (Å²) < 4.78 is 10.8. The Morgan fingerprint density at radius 3 is 2.38 bits per heavy atom. The average Bonchev–Trinajstić information content (AvgIpc) is 2.52. The first kappa shape index (κ1) is 18.4. The van der Waals surface area contributed by atoms with Gasteiger partial charge in [0.2, 0.25) is 0 Å². The molecule has 4 nitrogen and oxygen atoms in total. The number of phenolic OH excluding ortho intramolecular Hbond substituents is 1. The Hall–Kier alpha value is -1.97. The Labute approximate surface area is 144 Å². The van der Waals surface area contributed by atoms with Crippen LogP contribution in [0.4, 0.5) is 0 Å². The maximum atomic E-state index is 12.1. The largest absolute Gasteiger partial charge is 0.507 e. The van der Waals surface area contributed by atoms with Crippen molar-refractivity contribution in [2.75, 3.05) is 14.2 Å². The van der Waals surface area contributed by atoms with Crippen LogP contribution in [-0.2, 0) is 0 Å². The van der Waals surface area contributed by atoms with E-state index in [1.54, 1.807) is 13.2 Å². The number of hydrogen-bond donors (Lipinski definition) is 1. The Balaban J connectivity index is 2.73. The van der Waals surface area contributed by atoms with E-state index < -0.39 is 0 Å². The fraction of sp³-hybridized carbons (Fsp3) is 0.550. The summed E-state index contributed by atoms with van der Waals surface area (Å²) in [5.74, 6) is 1.56. The monoisotopic (exact) mass is 332 g/mol. The molecule has 2 unspecified atom stereocenters. The van der Waals surface area contributed by atoms with Gasteiger partial charge in [-0.2, -0.15) is 0 Å². The maximum Gasteiger partial charge on any atom is 0.167 e. The van der Waals surface area contributed by atoms with Gasteiger partial charge >= 0.3 is 0 Å². The van der Waals surface area contributed by atoms with E-state index in [1.807, 2.05) is 0 Å². The molecule has 0 saturated carbocycles. The van der Waals surface area contributed by atoms with Crippen molar-refractivity contribution in [3.63, 3.8) is 0 Å². The predicted molar refractivity (Wildman–Crippen MR) is 95.3 cm³/mol. The van der Waals surface area contributed by atoms with E-state index in [9.17, 15) is 9.90 Å². The second-order valence-corrected chi connectivity index (χ2v) is 6.96. The first-order valence-corrected chi connectivity index (χ1v) is 8.47. The summed E-state index contributed by atoms with van der Waals surface area (Å²) in [5, 5.41) is 10.9. The molecule has 1 aliphatic rings. The number of Topliss-reactive ketones (excluding diaryl/α,β-unsaturated/α-hetero) is 1. The average molecular weight is 332 g/mol. The number of rotatable bonds is 5. The molecule has 0 bridgehead atoms. The standard InChI is InChI=1S/C20H28O4/c1-11(2)14-8-7-12(3)9-15(14)19-17(24-6)10-16(23-5)18(13(4)21)20(19)22/h9-11,14-15,22H,7-8H2,1-6H3. The van der Waals surface area contributed by atoms with Gasteiger partial charge in [0.05, 0.1) is 14.2 Å². The third-order valence-corrected chi connectivity index (χ3v) is 5.04. The number of carbonyl (C=O) groups is 1. The van der Waals surface area contributed by atoms with Gasteiger partial charge in [-0.05, 0) is 38.5 Å². The van der Waals surface area contributed by atoms with Crippen LogP contribution in [0.2, 0.25) is 0 Å². The maximum absolute atomic E-state index is 12.1. The van der Waals surface area contributed by atoms with Crippen LogP contribution in [0.3, 0.4) is 0 Å². The third kappa shape index (κ3) is 3.28. The van der Waals surface area contributed by atoms with Crippen LogP contribution in [0.15, 0.2) is 17.7 Å². The van der Waals surface area contributed by atoms with Gasteiger partial charge in [0, 0.05) is 17.5 Å². The van der Waals surface area contributed by atoms with Crippen molar-refractivity contribution in [3.05, 3.63) is 28.8 Å². The first-order valence-electron chi connectivity index (χ1n) is 8.47. The molecule has 4 heteroatoms. The van der Waals surface area contributed by atoms with Crippen molar-refractivity contribution >= 4 is 5.78 Å². The Bertz CT molecular complexity index is 658. The van der Waals surface area contributed by atoms with E-state index in [2.05, 4.69) is 26.8 Å². The van der Waals surface area contributed by atoms with Crippen LogP contribution < -0.4 is 9.47 Å². The van der Waals surface area contributed by atoms with Gasteiger partial charge in [0.15, 0.2) is 5.78 Å². The molecule has 0 aromatic heterocycles. The molecule has 0 fully saturated rings. The summed E-state index contributed by atoms with van der Waals surface area (Å²) in [6.45, 7) is 7.95. The highest BCUT2D eigenvalue weighted by molar-refractivity contribution is 6.00. The van der Waals surface area contributed by atoms with Gasteiger partial charge in [-0.25, -0.2) is 0 Å². The summed E-state index contributed by atoms with van der Waals surface area (Å²) in [7, 11) is 3.07. The van der Waals surface area contributed by atoms with Crippen LogP contribution in [0, 0.1) is 11.8 Å². The summed E-state index contributed by atoms with van der Waals surface area (Å²) >= 11 is 0. The molecule has 1 aromatic rings. The second kappa shape index (κ2) is 7.29. The normalized spacial score (nSPS) is 20.7. The SMILES string of the molecule is COc1cc(OC)c(C2C=C(C)CCC2C(C)C)c(O)c1C(C)=O. The quantitative estimate of drug-likeness (QED) is 0.627. The predicted octanol–water partition coefficient (Wildman–Crippen LogP) is 4.71. The van der Waals surface area contributed by atoms with Gasteiger partial charge in [0.1, 0.15) is 22.8 Å². The molecule has 24 heavy (non-hydrogen) atoms. The van der Waals surface area contributed by atoms with E-state index >= 15 is 0 Å². The highest BCUT2D eigenvalue weighted by Crippen LogP contribution is 2.49. The highest BCUT2D eigenvalue weighted by atomic mass is 16.5. The zero-order valence-corrected chi connectivity index (χ0v) is 15.5. The highest BCUT2D eigenvalue weighted by Gasteiger charge is 2.34. The number of aromatic hydroxyl groups is 1. The molecule has 0 heterocycles. The molecule has 2 atom stereocenters. The van der Waals surface area contributed by atoms with Crippen molar-refractivity contribution < 1.29 is 19.4 Å². The molecule has 1 N–H and O–H groups in total. The smallest absolute Gasteiger partial charge is 0.167 e. The van der Waals surface area contributed by atoms with Crippen molar-refractivity contribution in [1.82, 2.24) is 0 Å². The molecular formula is C20H28O4. The number of carbonyl (C=O) groups excluding carboxylic acids is 1. The van der Waals surface area contributed by atoms with E-state index in [1.165, 1.54) is 19.6 Å². The van der Waals surface area contributed by atoms with E-state index in [0.29, 0.717) is 28.9 Å². The Kier molecular flexibility index (Phi) is 5.58. The van der Waals surface area contributed by atoms with Gasteiger partial charge in [-0.15, -0.1) is 0 Å². The zero-order valence-electron chi connectivity index (χ0n) is 15.5. The molecule has 0 aliphatic heterocycles. The molecule has 132 valence electrons. The minimum atomic E-state index is -0.217. The van der Waals surface area contributed by atoms with E-state index in [4.69, 9.17) is 9.47 Å². The van der Waals surface area contributed by atoms with Gasteiger partial charge in [0.25, 0.3) is 0 Å². The van der Waals surface area contributed by atoms with Crippen molar-refractivity contribution in [2.24, 2.45) is 11.8 Å². The van der Waals surface area contributed by atoms with Gasteiger partial charge < -0.3 is 14.6 Å². The summed E-state index contributed by atoms with van der Waals surface area (Å²) in [6.07, 6.45) is 4.34. The number of allylic oxidation sites excluding steroid dienone is 2. The topological polar surface area (TPSA) is 55.8 Å². The molecule has 1 aromatic carbocycles. The Morgan fingerprint density at radius 1 is 1.25 bits per heavy atom. The van der Waals surface area contributed by atoms with Crippen LogP contribution in [0.1, 0.15) is 62.4 Å². The number of ether oxygens (including phenoxy) is 2. The number of benzene rings is 1. The van der Waals surface area contributed by atoms with E-state index in [0.717, 1.165) is 12.8 Å². The molecular weight excluding hydrogens is 304 g/mol. The molecule has 0 saturated heterocycles. The molecule has 0 radical (unpaired) electrons. The first-order chi connectivity index (χ1) is 11.3. The number of ketones is 1. The third-order valence-electron chi connectivity index (χ3n) is 5.04. The lowest BCUT2D eigenvalue weighted by Gasteiger charge is -2.34. The summed E-state index contributed by atoms with van der Waals surface area (Å²) in [5.41, 5.74) is 2.23. The van der Waals surface area contributed by atoms with Gasteiger partial charge in [-0.1, -0.05) is 25.5 Å². The van der Waals surface area contributed by atoms with Crippen LogP contribution in [0.5, 0.6) is 17.2 Å². The zero-order chi connectivity index (χ0) is 18.0. The minimum Gasteiger partial charge on any atom is -0.507 e. The Morgan fingerprint density at radius 2 is 1.88 bits per heavy atom. The van der Waals surface area contributed by atoms with Crippen LogP contribution in [0.25, 0.3) is 0 Å². The minimum absolute atomic E-state index is 0.0136. The molecule has 2 rings (SSSR count). The fourth-order valence-electron chi connectivity index (χ4n) is 3.76. The molecule has 0 amide bonds. The fourth-order valence-corrected chi connectivity index (χ4v) is 3.76.